The van der Waals surface area contributed by atoms with E-state index < -0.39 is 20.4 Å². The van der Waals surface area contributed by atoms with Gasteiger partial charge in [0.25, 0.3) is 5.69 Å². The fourth-order valence-corrected chi connectivity index (χ4v) is 6.72. The first kappa shape index (κ1) is 18.3. The van der Waals surface area contributed by atoms with Crippen LogP contribution >= 0.6 is 15.9 Å². The van der Waals surface area contributed by atoms with Gasteiger partial charge in [0.1, 0.15) is 5.78 Å². The minimum Gasteiger partial charge on any atom is -0.299 e. The van der Waals surface area contributed by atoms with Gasteiger partial charge < -0.3 is 0 Å². The number of halogens is 1. The molecule has 2 aliphatic carbocycles. The quantitative estimate of drug-likeness (QED) is 0.568. The maximum absolute atomic E-state index is 12.8. The molecule has 2 bridgehead atoms. The van der Waals surface area contributed by atoms with Crippen molar-refractivity contribution in [1.82, 2.24) is 0 Å². The Kier molecular flexibility index (Phi) is 4.23. The molecule has 0 saturated heterocycles. The van der Waals surface area contributed by atoms with Crippen molar-refractivity contribution in [2.24, 2.45) is 16.7 Å². The zero-order chi connectivity index (χ0) is 18.6. The van der Waals surface area contributed by atoms with Crippen LogP contribution in [-0.4, -0.2) is 24.9 Å². The van der Waals surface area contributed by atoms with Crippen LogP contribution in [0.15, 0.2) is 22.7 Å². The van der Waals surface area contributed by atoms with Gasteiger partial charge in [-0.2, -0.15) is 0 Å². The monoisotopic (exact) mass is 430 g/mol. The molecule has 1 aromatic carbocycles. The Morgan fingerprint density at radius 2 is 2.08 bits per heavy atom. The summed E-state index contributed by atoms with van der Waals surface area (Å²) in [6.45, 7) is 3.93. The number of nitrogens with zero attached hydrogens (tertiary/aromatic N) is 1. The third kappa shape index (κ3) is 2.87. The summed E-state index contributed by atoms with van der Waals surface area (Å²) in [6.07, 6.45) is 1.86. The van der Waals surface area contributed by atoms with Crippen LogP contribution in [0, 0.1) is 26.9 Å². The van der Waals surface area contributed by atoms with Crippen molar-refractivity contribution in [1.29, 1.82) is 0 Å². The van der Waals surface area contributed by atoms with Crippen molar-refractivity contribution >= 4 is 43.1 Å². The molecule has 9 heteroatoms. The number of Topliss-reactive ketones (excluding diaryl/α,β-unsaturated/α-hetero) is 1. The van der Waals surface area contributed by atoms with Crippen molar-refractivity contribution in [3.8, 4) is 0 Å². The number of sulfonamides is 1. The standard InChI is InChI=1S/C16H19BrN2O5S/c1-15(2)10-5-6-16(15,14(20)7-10)9-25(23,24)18-13-8-11(19(21)22)3-4-12(13)17/h3-4,8,10,18H,5-7,9H2,1-2H3/t10-,16+/m0/s1. The van der Waals surface area contributed by atoms with E-state index in [1.807, 2.05) is 13.8 Å². The molecule has 3 rings (SSSR count). The first-order valence-electron chi connectivity index (χ1n) is 7.96. The van der Waals surface area contributed by atoms with E-state index in [-0.39, 0.29) is 34.2 Å². The van der Waals surface area contributed by atoms with Crippen LogP contribution in [0.25, 0.3) is 0 Å². The van der Waals surface area contributed by atoms with Crippen molar-refractivity contribution in [2.75, 3.05) is 10.5 Å². The van der Waals surface area contributed by atoms with Gasteiger partial charge in [-0.05, 0) is 46.2 Å². The molecular weight excluding hydrogens is 412 g/mol. The number of anilines is 1. The van der Waals surface area contributed by atoms with Crippen LogP contribution in [0.2, 0.25) is 0 Å². The zero-order valence-electron chi connectivity index (χ0n) is 13.9. The number of ketones is 1. The van der Waals surface area contributed by atoms with Gasteiger partial charge in [0, 0.05) is 23.0 Å². The predicted molar refractivity (Wildman–Crippen MR) is 96.8 cm³/mol. The zero-order valence-corrected chi connectivity index (χ0v) is 16.3. The number of rotatable bonds is 5. The number of benzene rings is 1. The van der Waals surface area contributed by atoms with E-state index in [1.165, 1.54) is 18.2 Å². The predicted octanol–water partition coefficient (Wildman–Crippen LogP) is 3.49. The molecule has 25 heavy (non-hydrogen) atoms. The second-order valence-electron chi connectivity index (χ2n) is 7.45. The van der Waals surface area contributed by atoms with Crippen molar-refractivity contribution < 1.29 is 18.1 Å². The molecule has 2 fully saturated rings. The highest BCUT2D eigenvalue weighted by molar-refractivity contribution is 9.10. The van der Waals surface area contributed by atoms with Crippen LogP contribution in [0.4, 0.5) is 11.4 Å². The Hall–Kier alpha value is -1.48. The lowest BCUT2D eigenvalue weighted by molar-refractivity contribution is -0.384. The molecule has 2 aliphatic rings. The van der Waals surface area contributed by atoms with Crippen LogP contribution in [0.5, 0.6) is 0 Å². The van der Waals surface area contributed by atoms with E-state index in [0.717, 1.165) is 6.42 Å². The lowest BCUT2D eigenvalue weighted by atomic mass is 9.70. The third-order valence-electron chi connectivity index (χ3n) is 6.00. The summed E-state index contributed by atoms with van der Waals surface area (Å²) < 4.78 is 28.3. The summed E-state index contributed by atoms with van der Waals surface area (Å²) in [7, 11) is -3.85. The summed E-state index contributed by atoms with van der Waals surface area (Å²) in [5.41, 5.74) is -1.35. The molecule has 0 heterocycles. The SMILES string of the molecule is CC1(C)[C@H]2CC[C@@]1(CS(=O)(=O)Nc1cc([N+](=O)[O-])ccc1Br)C(=O)C2. The van der Waals surface area contributed by atoms with E-state index in [9.17, 15) is 23.3 Å². The lowest BCUT2D eigenvalue weighted by Crippen LogP contribution is -2.43. The molecule has 2 atom stereocenters. The number of non-ortho nitro benzene ring substituents is 1. The lowest BCUT2D eigenvalue weighted by Gasteiger charge is -2.36. The maximum Gasteiger partial charge on any atom is 0.271 e. The summed E-state index contributed by atoms with van der Waals surface area (Å²) in [5.74, 6) is -0.0609. The number of hydrogen-bond donors (Lipinski definition) is 1. The number of carbonyl (C=O) groups is 1. The summed E-state index contributed by atoms with van der Waals surface area (Å²) in [5, 5.41) is 10.9. The smallest absolute Gasteiger partial charge is 0.271 e. The molecule has 0 radical (unpaired) electrons. The summed E-state index contributed by atoms with van der Waals surface area (Å²) in [4.78, 5) is 22.8. The maximum atomic E-state index is 12.8. The van der Waals surface area contributed by atoms with E-state index in [1.54, 1.807) is 0 Å². The molecular formula is C16H19BrN2O5S. The molecule has 0 amide bonds. The van der Waals surface area contributed by atoms with Crippen LogP contribution in [0.3, 0.4) is 0 Å². The molecule has 2 saturated carbocycles. The van der Waals surface area contributed by atoms with Gasteiger partial charge in [0.05, 0.1) is 21.8 Å². The Labute approximate surface area is 154 Å². The van der Waals surface area contributed by atoms with Crippen LogP contribution < -0.4 is 4.72 Å². The van der Waals surface area contributed by atoms with E-state index in [0.29, 0.717) is 17.3 Å². The average molecular weight is 431 g/mol. The number of hydrogen-bond acceptors (Lipinski definition) is 5. The number of nitro groups is 1. The van der Waals surface area contributed by atoms with Gasteiger partial charge in [-0.25, -0.2) is 8.42 Å². The molecule has 0 unspecified atom stereocenters. The van der Waals surface area contributed by atoms with Crippen molar-refractivity contribution in [3.63, 3.8) is 0 Å². The number of nitrogens with one attached hydrogen (secondary N) is 1. The number of nitro benzene ring substituents is 1. The minimum atomic E-state index is -3.85. The highest BCUT2D eigenvalue weighted by Crippen LogP contribution is 2.64. The Morgan fingerprint density at radius 3 is 2.60 bits per heavy atom. The van der Waals surface area contributed by atoms with Crippen molar-refractivity contribution in [3.05, 3.63) is 32.8 Å². The average Bonchev–Trinajstić information content (AvgIpc) is 2.82. The number of carbonyl (C=O) groups excluding carboxylic acids is 1. The van der Waals surface area contributed by atoms with Gasteiger partial charge in [0.15, 0.2) is 0 Å². The fraction of sp³-hybridized carbons (Fsp3) is 0.562. The highest BCUT2D eigenvalue weighted by atomic mass is 79.9. The van der Waals surface area contributed by atoms with Crippen LogP contribution in [-0.2, 0) is 14.8 Å². The van der Waals surface area contributed by atoms with Gasteiger partial charge in [-0.3, -0.25) is 19.6 Å². The van der Waals surface area contributed by atoms with Crippen molar-refractivity contribution in [2.45, 2.75) is 33.1 Å². The Morgan fingerprint density at radius 1 is 1.40 bits per heavy atom. The first-order chi connectivity index (χ1) is 11.5. The molecule has 1 aromatic rings. The molecule has 136 valence electrons. The van der Waals surface area contributed by atoms with E-state index in [4.69, 9.17) is 0 Å². The molecule has 0 aliphatic heterocycles. The van der Waals surface area contributed by atoms with E-state index in [2.05, 4.69) is 20.7 Å². The normalized spacial score (nSPS) is 27.5. The highest BCUT2D eigenvalue weighted by Gasteiger charge is 2.65. The second-order valence-corrected chi connectivity index (χ2v) is 10.0. The molecule has 0 aromatic heterocycles. The molecule has 7 nitrogen and oxygen atoms in total. The topological polar surface area (TPSA) is 106 Å². The van der Waals surface area contributed by atoms with Gasteiger partial charge in [-0.1, -0.05) is 13.8 Å². The van der Waals surface area contributed by atoms with E-state index >= 15 is 0 Å². The molecule has 1 N–H and O–H groups in total. The second kappa shape index (κ2) is 5.77. The third-order valence-corrected chi connectivity index (χ3v) is 8.10. The van der Waals surface area contributed by atoms with Gasteiger partial charge in [-0.15, -0.1) is 0 Å². The number of fused-ring (bicyclic) bond motifs is 2. The molecule has 0 spiro atoms. The van der Waals surface area contributed by atoms with Crippen LogP contribution in [0.1, 0.15) is 33.1 Å². The fourth-order valence-electron chi connectivity index (χ4n) is 4.34. The summed E-state index contributed by atoms with van der Waals surface area (Å²) in [6, 6.07) is 3.87. The first-order valence-corrected chi connectivity index (χ1v) is 10.4. The largest absolute Gasteiger partial charge is 0.299 e. The van der Waals surface area contributed by atoms with Gasteiger partial charge in [0.2, 0.25) is 10.0 Å². The minimum absolute atomic E-state index is 0.0113. The summed E-state index contributed by atoms with van der Waals surface area (Å²) >= 11 is 3.20. The Bertz CT molecular complexity index is 867. The van der Waals surface area contributed by atoms with Gasteiger partial charge >= 0.3 is 0 Å². The Balaban J connectivity index is 1.90.